The molecule has 1 aromatic rings. The van der Waals surface area contributed by atoms with Gasteiger partial charge < -0.3 is 14.8 Å². The molecular weight excluding hydrogens is 306 g/mol. The number of esters is 1. The van der Waals surface area contributed by atoms with E-state index in [2.05, 4.69) is 12.2 Å². The van der Waals surface area contributed by atoms with Crippen molar-refractivity contribution in [3.8, 4) is 5.75 Å². The number of rotatable bonds is 11. The van der Waals surface area contributed by atoms with E-state index in [4.69, 9.17) is 9.47 Å². The lowest BCUT2D eigenvalue weighted by Gasteiger charge is -2.07. The van der Waals surface area contributed by atoms with Crippen LogP contribution < -0.4 is 10.1 Å². The molecule has 0 aliphatic heterocycles. The third kappa shape index (κ3) is 8.56. The normalized spacial score (nSPS) is 10.2. The number of carbonyl (C=O) groups excluding carboxylic acids is 2. The Morgan fingerprint density at radius 3 is 2.21 bits per heavy atom. The van der Waals surface area contributed by atoms with Gasteiger partial charge in [-0.1, -0.05) is 57.6 Å². The molecule has 0 saturated carbocycles. The van der Waals surface area contributed by atoms with Gasteiger partial charge in [0.25, 0.3) is 0 Å². The average Bonchev–Trinajstić information content (AvgIpc) is 2.62. The predicted molar refractivity (Wildman–Crippen MR) is 93.8 cm³/mol. The summed E-state index contributed by atoms with van der Waals surface area (Å²) in [4.78, 5) is 23.3. The number of carbonyl (C=O) groups is 2. The minimum atomic E-state index is -0.811. The van der Waals surface area contributed by atoms with Gasteiger partial charge in [0, 0.05) is 6.54 Å². The predicted octanol–water partition coefficient (Wildman–Crippen LogP) is 3.61. The number of unbranched alkanes of at least 4 members (excludes halogenated alkanes) is 6. The van der Waals surface area contributed by atoms with Crippen LogP contribution in [-0.4, -0.2) is 25.6 Å². The summed E-state index contributed by atoms with van der Waals surface area (Å²) in [5.41, 5.74) is 0.893. The van der Waals surface area contributed by atoms with Gasteiger partial charge in [0.05, 0.1) is 13.7 Å². The van der Waals surface area contributed by atoms with Gasteiger partial charge in [-0.15, -0.1) is 0 Å². The first-order chi connectivity index (χ1) is 11.7. The van der Waals surface area contributed by atoms with Gasteiger partial charge in [-0.2, -0.15) is 0 Å². The summed E-state index contributed by atoms with van der Waals surface area (Å²) in [5.74, 6) is -0.762. The molecule has 134 valence electrons. The molecule has 0 unspecified atom stereocenters. The second-order valence-electron chi connectivity index (χ2n) is 5.79. The summed E-state index contributed by atoms with van der Waals surface area (Å²) in [6.45, 7) is 2.79. The largest absolute Gasteiger partial charge is 0.497 e. The van der Waals surface area contributed by atoms with Crippen LogP contribution in [0.15, 0.2) is 24.3 Å². The second-order valence-corrected chi connectivity index (χ2v) is 5.79. The van der Waals surface area contributed by atoms with Crippen molar-refractivity contribution in [3.63, 3.8) is 0 Å². The third-order valence-corrected chi connectivity index (χ3v) is 3.78. The van der Waals surface area contributed by atoms with Crippen LogP contribution >= 0.6 is 0 Å². The van der Waals surface area contributed by atoms with E-state index in [-0.39, 0.29) is 6.54 Å². The first-order valence-corrected chi connectivity index (χ1v) is 8.75. The Kier molecular flexibility index (Phi) is 10.3. The summed E-state index contributed by atoms with van der Waals surface area (Å²) in [6, 6.07) is 7.28. The number of benzene rings is 1. The van der Waals surface area contributed by atoms with E-state index in [1.807, 2.05) is 12.1 Å². The fourth-order valence-electron chi connectivity index (χ4n) is 2.29. The van der Waals surface area contributed by atoms with Crippen LogP contribution in [0, 0.1) is 0 Å². The fraction of sp³-hybridized carbons (Fsp3) is 0.579. The molecule has 0 aliphatic rings. The first-order valence-electron chi connectivity index (χ1n) is 8.75. The van der Waals surface area contributed by atoms with Gasteiger partial charge in [-0.3, -0.25) is 4.79 Å². The zero-order valence-corrected chi connectivity index (χ0v) is 14.8. The number of methoxy groups -OCH3 is 1. The average molecular weight is 335 g/mol. The van der Waals surface area contributed by atoms with Crippen molar-refractivity contribution in [2.45, 2.75) is 58.4 Å². The van der Waals surface area contributed by atoms with E-state index in [9.17, 15) is 9.59 Å². The van der Waals surface area contributed by atoms with Crippen LogP contribution in [0.3, 0.4) is 0 Å². The molecule has 1 N–H and O–H groups in total. The smallest absolute Gasteiger partial charge is 0.396 e. The lowest BCUT2D eigenvalue weighted by molar-refractivity contribution is -0.155. The van der Waals surface area contributed by atoms with Gasteiger partial charge >= 0.3 is 11.9 Å². The van der Waals surface area contributed by atoms with E-state index < -0.39 is 11.9 Å². The molecule has 0 spiro atoms. The molecule has 0 bridgehead atoms. The van der Waals surface area contributed by atoms with Gasteiger partial charge in [-0.25, -0.2) is 4.79 Å². The van der Waals surface area contributed by atoms with E-state index in [1.165, 1.54) is 25.7 Å². The minimum absolute atomic E-state index is 0.287. The lowest BCUT2D eigenvalue weighted by atomic mass is 10.1. The minimum Gasteiger partial charge on any atom is -0.497 e. The standard InChI is InChI=1S/C19H29NO4/c1-3-4-5-6-7-8-9-14-24-19(22)18(21)20-15-16-10-12-17(23-2)13-11-16/h10-13H,3-9,14-15H2,1-2H3,(H,20,21). The Morgan fingerprint density at radius 2 is 1.58 bits per heavy atom. The maximum atomic E-state index is 11.7. The van der Waals surface area contributed by atoms with Gasteiger partial charge in [0.2, 0.25) is 0 Å². The Bertz CT molecular complexity index is 485. The first kappa shape index (κ1) is 20.0. The molecule has 0 atom stereocenters. The highest BCUT2D eigenvalue weighted by molar-refractivity contribution is 6.32. The number of hydrogen-bond acceptors (Lipinski definition) is 4. The van der Waals surface area contributed by atoms with E-state index in [0.29, 0.717) is 6.61 Å². The van der Waals surface area contributed by atoms with Crippen molar-refractivity contribution < 1.29 is 19.1 Å². The summed E-state index contributed by atoms with van der Waals surface area (Å²) in [7, 11) is 1.60. The van der Waals surface area contributed by atoms with Crippen LogP contribution in [0.1, 0.15) is 57.4 Å². The Morgan fingerprint density at radius 1 is 0.958 bits per heavy atom. The summed E-state index contributed by atoms with van der Waals surface area (Å²) in [6.07, 6.45) is 8.01. The quantitative estimate of drug-likeness (QED) is 0.381. The zero-order valence-electron chi connectivity index (χ0n) is 14.8. The molecule has 0 radical (unpaired) electrons. The van der Waals surface area contributed by atoms with Crippen LogP contribution in [0.2, 0.25) is 0 Å². The molecule has 5 heteroatoms. The molecule has 24 heavy (non-hydrogen) atoms. The summed E-state index contributed by atoms with van der Waals surface area (Å²) >= 11 is 0. The highest BCUT2D eigenvalue weighted by atomic mass is 16.5. The number of hydrogen-bond donors (Lipinski definition) is 1. The Labute approximate surface area is 144 Å². The monoisotopic (exact) mass is 335 g/mol. The maximum absolute atomic E-state index is 11.7. The van der Waals surface area contributed by atoms with E-state index in [1.54, 1.807) is 19.2 Å². The van der Waals surface area contributed by atoms with Crippen LogP contribution in [0.5, 0.6) is 5.75 Å². The fourth-order valence-corrected chi connectivity index (χ4v) is 2.29. The van der Waals surface area contributed by atoms with E-state index >= 15 is 0 Å². The van der Waals surface area contributed by atoms with Gasteiger partial charge in [0.1, 0.15) is 5.75 Å². The zero-order chi connectivity index (χ0) is 17.6. The van der Waals surface area contributed by atoms with Crippen LogP contribution in [-0.2, 0) is 20.9 Å². The van der Waals surface area contributed by atoms with E-state index in [0.717, 1.165) is 30.6 Å². The Balaban J connectivity index is 2.10. The van der Waals surface area contributed by atoms with Crippen molar-refractivity contribution in [1.82, 2.24) is 5.32 Å². The molecule has 0 saturated heterocycles. The number of ether oxygens (including phenoxy) is 2. The topological polar surface area (TPSA) is 64.6 Å². The third-order valence-electron chi connectivity index (χ3n) is 3.78. The summed E-state index contributed by atoms with van der Waals surface area (Å²) in [5, 5.41) is 2.56. The molecule has 0 aliphatic carbocycles. The summed E-state index contributed by atoms with van der Waals surface area (Å²) < 4.78 is 10.0. The molecule has 1 amide bonds. The highest BCUT2D eigenvalue weighted by Crippen LogP contribution is 2.11. The maximum Gasteiger partial charge on any atom is 0.396 e. The molecule has 0 heterocycles. The number of amides is 1. The second kappa shape index (κ2) is 12.4. The van der Waals surface area contributed by atoms with Gasteiger partial charge in [0.15, 0.2) is 0 Å². The van der Waals surface area contributed by atoms with Crippen LogP contribution in [0.25, 0.3) is 0 Å². The molecule has 0 aromatic heterocycles. The molecular formula is C19H29NO4. The van der Waals surface area contributed by atoms with Crippen molar-refractivity contribution >= 4 is 11.9 Å². The highest BCUT2D eigenvalue weighted by Gasteiger charge is 2.14. The molecule has 1 rings (SSSR count). The van der Waals surface area contributed by atoms with Crippen molar-refractivity contribution in [3.05, 3.63) is 29.8 Å². The molecule has 0 fully saturated rings. The molecule has 1 aromatic carbocycles. The number of nitrogens with one attached hydrogen (secondary N) is 1. The van der Waals surface area contributed by atoms with Crippen molar-refractivity contribution in [2.24, 2.45) is 0 Å². The Hall–Kier alpha value is -2.04. The SMILES string of the molecule is CCCCCCCCCOC(=O)C(=O)NCc1ccc(OC)cc1. The molecule has 5 nitrogen and oxygen atoms in total. The van der Waals surface area contributed by atoms with Crippen LogP contribution in [0.4, 0.5) is 0 Å². The van der Waals surface area contributed by atoms with Crippen molar-refractivity contribution in [1.29, 1.82) is 0 Å². The van der Waals surface area contributed by atoms with Crippen molar-refractivity contribution in [2.75, 3.05) is 13.7 Å². The lowest BCUT2D eigenvalue weighted by Crippen LogP contribution is -2.32. The van der Waals surface area contributed by atoms with Gasteiger partial charge in [-0.05, 0) is 24.1 Å².